The lowest BCUT2D eigenvalue weighted by Crippen LogP contribution is -2.44. The van der Waals surface area contributed by atoms with Gasteiger partial charge in [-0.1, -0.05) is 0 Å². The zero-order valence-corrected chi connectivity index (χ0v) is 12.0. The molecule has 1 atom stereocenters. The maximum absolute atomic E-state index is 12.3. The van der Waals surface area contributed by atoms with Gasteiger partial charge >= 0.3 is 12.1 Å². The molecule has 11 heteroatoms. The summed E-state index contributed by atoms with van der Waals surface area (Å²) >= 11 is 0. The molecule has 0 aromatic carbocycles. The van der Waals surface area contributed by atoms with E-state index in [-0.39, 0.29) is 5.78 Å². The van der Waals surface area contributed by atoms with Crippen molar-refractivity contribution in [2.45, 2.75) is 32.5 Å². The number of alkyl halides is 3. The van der Waals surface area contributed by atoms with E-state index in [0.29, 0.717) is 11.4 Å². The van der Waals surface area contributed by atoms with E-state index in [1.54, 1.807) is 25.2 Å². The molecule has 2 N–H and O–H groups in total. The minimum atomic E-state index is -4.74. The molecule has 0 aliphatic heterocycles. The Hall–Kier alpha value is -2.72. The lowest BCUT2D eigenvalue weighted by molar-refractivity contribution is -0.157. The molecule has 2 rings (SSSR count). The molecular formula is C12H12F3N5O3. The highest BCUT2D eigenvalue weighted by Gasteiger charge is 2.36. The Morgan fingerprint density at radius 1 is 1.35 bits per heavy atom. The first kappa shape index (κ1) is 16.6. The van der Waals surface area contributed by atoms with Crippen LogP contribution in [0.2, 0.25) is 0 Å². The minimum Gasteiger partial charge on any atom is -0.480 e. The van der Waals surface area contributed by atoms with E-state index >= 15 is 0 Å². The molecule has 0 aliphatic rings. The molecule has 8 nitrogen and oxygen atoms in total. The van der Waals surface area contributed by atoms with Gasteiger partial charge in [-0.05, 0) is 19.9 Å². The second-order valence-electron chi connectivity index (χ2n) is 4.87. The summed E-state index contributed by atoms with van der Waals surface area (Å²) in [5, 5.41) is 14.4. The lowest BCUT2D eigenvalue weighted by atomic mass is 10.2. The van der Waals surface area contributed by atoms with Crippen molar-refractivity contribution in [1.82, 2.24) is 24.9 Å². The standard InChI is InChI=1S/C12H12F3N5O3/c1-5-3-6(2)20-11(16-5)18-8(19-20)9(21)17-7(10(22)23)4-12(13,14)15/h3,7H,4H2,1-2H3,(H,17,21)(H,22,23). The van der Waals surface area contributed by atoms with Crippen LogP contribution < -0.4 is 5.32 Å². The van der Waals surface area contributed by atoms with Crippen LogP contribution in [0.1, 0.15) is 28.4 Å². The molecule has 0 saturated carbocycles. The van der Waals surface area contributed by atoms with Crippen molar-refractivity contribution in [1.29, 1.82) is 0 Å². The van der Waals surface area contributed by atoms with Gasteiger partial charge in [0.1, 0.15) is 6.04 Å². The van der Waals surface area contributed by atoms with E-state index in [0.717, 1.165) is 0 Å². The maximum atomic E-state index is 12.3. The Kier molecular flexibility index (Phi) is 4.21. The largest absolute Gasteiger partial charge is 0.480 e. The van der Waals surface area contributed by atoms with Gasteiger partial charge < -0.3 is 10.4 Å². The molecule has 0 aliphatic carbocycles. The Morgan fingerprint density at radius 2 is 2.00 bits per heavy atom. The lowest BCUT2D eigenvalue weighted by Gasteiger charge is -2.15. The zero-order valence-electron chi connectivity index (χ0n) is 12.0. The van der Waals surface area contributed by atoms with Crippen molar-refractivity contribution in [3.05, 3.63) is 23.3 Å². The van der Waals surface area contributed by atoms with Gasteiger partial charge in [0.25, 0.3) is 11.7 Å². The third-order valence-corrected chi connectivity index (χ3v) is 2.86. The number of carbonyl (C=O) groups is 2. The van der Waals surface area contributed by atoms with Crippen LogP contribution in [0.4, 0.5) is 13.2 Å². The molecule has 1 unspecified atom stereocenters. The van der Waals surface area contributed by atoms with Crippen LogP contribution >= 0.6 is 0 Å². The molecule has 0 fully saturated rings. The number of amides is 1. The number of aliphatic carboxylic acids is 1. The fourth-order valence-corrected chi connectivity index (χ4v) is 1.92. The predicted molar refractivity (Wildman–Crippen MR) is 69.8 cm³/mol. The predicted octanol–water partition coefficient (Wildman–Crippen LogP) is 0.877. The highest BCUT2D eigenvalue weighted by atomic mass is 19.4. The van der Waals surface area contributed by atoms with Crippen LogP contribution in [-0.4, -0.2) is 48.8 Å². The van der Waals surface area contributed by atoms with E-state index in [2.05, 4.69) is 15.1 Å². The number of nitrogens with zero attached hydrogens (tertiary/aromatic N) is 4. The first-order valence-electron chi connectivity index (χ1n) is 6.38. The molecule has 23 heavy (non-hydrogen) atoms. The third kappa shape index (κ3) is 3.93. The summed E-state index contributed by atoms with van der Waals surface area (Å²) in [7, 11) is 0. The number of hydrogen-bond acceptors (Lipinski definition) is 5. The number of rotatable bonds is 4. The van der Waals surface area contributed by atoms with E-state index in [1.165, 1.54) is 4.52 Å². The summed E-state index contributed by atoms with van der Waals surface area (Å²) in [6.45, 7) is 3.38. The fraction of sp³-hybridized carbons (Fsp3) is 0.417. The van der Waals surface area contributed by atoms with Crippen molar-refractivity contribution < 1.29 is 27.9 Å². The molecule has 124 valence electrons. The maximum Gasteiger partial charge on any atom is 0.391 e. The monoisotopic (exact) mass is 331 g/mol. The van der Waals surface area contributed by atoms with Crippen LogP contribution in [-0.2, 0) is 4.79 Å². The number of halogens is 3. The van der Waals surface area contributed by atoms with E-state index in [1.807, 2.05) is 0 Å². The average molecular weight is 331 g/mol. The van der Waals surface area contributed by atoms with Gasteiger partial charge in [-0.25, -0.2) is 14.3 Å². The van der Waals surface area contributed by atoms with Crippen LogP contribution in [0.25, 0.3) is 5.78 Å². The molecule has 0 saturated heterocycles. The molecule has 2 aromatic rings. The summed E-state index contributed by atoms with van der Waals surface area (Å²) in [5.41, 5.74) is 1.24. The molecule has 0 bridgehead atoms. The second-order valence-corrected chi connectivity index (χ2v) is 4.87. The number of carboxylic acids is 1. The topological polar surface area (TPSA) is 109 Å². The summed E-state index contributed by atoms with van der Waals surface area (Å²) in [5.74, 6) is -3.29. The Balaban J connectivity index is 2.26. The number of hydrogen-bond donors (Lipinski definition) is 2. The number of nitrogens with one attached hydrogen (secondary N) is 1. The number of carboxylic acid groups (broad SMARTS) is 1. The summed E-state index contributed by atoms with van der Waals surface area (Å²) in [6.07, 6.45) is -6.43. The average Bonchev–Trinajstić information content (AvgIpc) is 2.80. The summed E-state index contributed by atoms with van der Waals surface area (Å²) in [6, 6.07) is -0.447. The van der Waals surface area contributed by atoms with Gasteiger partial charge in [0.05, 0.1) is 6.42 Å². The van der Waals surface area contributed by atoms with Crippen molar-refractivity contribution in [2.24, 2.45) is 0 Å². The van der Waals surface area contributed by atoms with Crippen molar-refractivity contribution in [3.63, 3.8) is 0 Å². The fourth-order valence-electron chi connectivity index (χ4n) is 1.92. The van der Waals surface area contributed by atoms with Crippen LogP contribution in [0.15, 0.2) is 6.07 Å². The normalized spacial score (nSPS) is 13.1. The zero-order chi connectivity index (χ0) is 17.4. The Morgan fingerprint density at radius 3 is 2.57 bits per heavy atom. The van der Waals surface area contributed by atoms with Crippen LogP contribution in [0, 0.1) is 13.8 Å². The van der Waals surface area contributed by atoms with Gasteiger partial charge in [-0.15, -0.1) is 5.10 Å². The van der Waals surface area contributed by atoms with Crippen molar-refractivity contribution in [2.75, 3.05) is 0 Å². The number of fused-ring (bicyclic) bond motifs is 1. The molecule has 1 amide bonds. The smallest absolute Gasteiger partial charge is 0.391 e. The quantitative estimate of drug-likeness (QED) is 0.860. The van der Waals surface area contributed by atoms with Crippen LogP contribution in [0.5, 0.6) is 0 Å². The van der Waals surface area contributed by atoms with Crippen LogP contribution in [0.3, 0.4) is 0 Å². The first-order chi connectivity index (χ1) is 10.6. The number of aromatic nitrogens is 4. The van der Waals surface area contributed by atoms with Gasteiger partial charge in [-0.2, -0.15) is 18.2 Å². The minimum absolute atomic E-state index is 0.0929. The van der Waals surface area contributed by atoms with Gasteiger partial charge in [0, 0.05) is 11.4 Å². The molecule has 2 aromatic heterocycles. The first-order valence-corrected chi connectivity index (χ1v) is 6.38. The summed E-state index contributed by atoms with van der Waals surface area (Å²) in [4.78, 5) is 30.6. The molecule has 0 radical (unpaired) electrons. The second kappa shape index (κ2) is 5.82. The van der Waals surface area contributed by atoms with E-state index in [4.69, 9.17) is 5.11 Å². The SMILES string of the molecule is Cc1cc(C)n2nc(C(=O)NC(CC(F)(F)F)C(=O)O)nc2n1. The van der Waals surface area contributed by atoms with E-state index < -0.39 is 36.3 Å². The summed E-state index contributed by atoms with van der Waals surface area (Å²) < 4.78 is 38.2. The van der Waals surface area contributed by atoms with Crippen molar-refractivity contribution in [3.8, 4) is 0 Å². The van der Waals surface area contributed by atoms with Gasteiger partial charge in [-0.3, -0.25) is 4.79 Å². The Bertz CT molecular complexity index is 771. The van der Waals surface area contributed by atoms with Gasteiger partial charge in [0.15, 0.2) is 0 Å². The van der Waals surface area contributed by atoms with E-state index in [9.17, 15) is 22.8 Å². The Labute approximate surface area is 127 Å². The highest BCUT2D eigenvalue weighted by molar-refractivity contribution is 5.93. The highest BCUT2D eigenvalue weighted by Crippen LogP contribution is 2.21. The molecule has 0 spiro atoms. The third-order valence-electron chi connectivity index (χ3n) is 2.86. The number of carbonyl (C=O) groups excluding carboxylic acids is 1. The number of aryl methyl sites for hydroxylation is 2. The van der Waals surface area contributed by atoms with Crippen molar-refractivity contribution >= 4 is 17.7 Å². The van der Waals surface area contributed by atoms with Gasteiger partial charge in [0.2, 0.25) is 5.82 Å². The molecular weight excluding hydrogens is 319 g/mol. The molecule has 2 heterocycles.